The van der Waals surface area contributed by atoms with Gasteiger partial charge in [-0.15, -0.1) is 0 Å². The summed E-state index contributed by atoms with van der Waals surface area (Å²) in [5.41, 5.74) is 0.512. The third-order valence-electron chi connectivity index (χ3n) is 3.76. The summed E-state index contributed by atoms with van der Waals surface area (Å²) in [5.74, 6) is -1.72. The van der Waals surface area contributed by atoms with E-state index in [0.29, 0.717) is 12.1 Å². The van der Waals surface area contributed by atoms with Crippen LogP contribution in [0, 0.1) is 5.82 Å². The van der Waals surface area contributed by atoms with E-state index in [2.05, 4.69) is 15.3 Å². The monoisotopic (exact) mass is 439 g/mol. The lowest BCUT2D eigenvalue weighted by Gasteiger charge is -2.05. The van der Waals surface area contributed by atoms with E-state index >= 15 is 0 Å². The average molecular weight is 440 g/mol. The molecule has 0 aliphatic rings. The highest BCUT2D eigenvalue weighted by Crippen LogP contribution is 2.31. The molecule has 2 aromatic heterocycles. The van der Waals surface area contributed by atoms with E-state index in [1.54, 1.807) is 19.1 Å². The van der Waals surface area contributed by atoms with Crippen LogP contribution in [0.2, 0.25) is 5.02 Å². The molecule has 10 heteroatoms. The normalized spacial score (nSPS) is 11.4. The summed E-state index contributed by atoms with van der Waals surface area (Å²) in [6.45, 7) is 1.75. The zero-order valence-corrected chi connectivity index (χ0v) is 17.0. The third kappa shape index (κ3) is 4.54. The predicted octanol–water partition coefficient (Wildman–Crippen LogP) is 4.12. The minimum Gasteiger partial charge on any atom is -0.296 e. The lowest BCUT2D eigenvalue weighted by molar-refractivity contribution is 0.102. The van der Waals surface area contributed by atoms with Crippen LogP contribution >= 0.6 is 22.9 Å². The van der Waals surface area contributed by atoms with Crippen LogP contribution in [0.1, 0.15) is 28.7 Å². The van der Waals surface area contributed by atoms with Gasteiger partial charge in [0.25, 0.3) is 5.91 Å². The van der Waals surface area contributed by atoms with Gasteiger partial charge in [0.1, 0.15) is 15.7 Å². The first kappa shape index (κ1) is 20.4. The molecule has 2 heterocycles. The molecule has 0 fully saturated rings. The van der Waals surface area contributed by atoms with Crippen molar-refractivity contribution in [3.8, 4) is 0 Å². The van der Waals surface area contributed by atoms with Crippen molar-refractivity contribution >= 4 is 43.8 Å². The summed E-state index contributed by atoms with van der Waals surface area (Å²) in [4.78, 5) is 20.4. The van der Waals surface area contributed by atoms with Crippen molar-refractivity contribution < 1.29 is 17.6 Å². The van der Waals surface area contributed by atoms with Crippen molar-refractivity contribution in [1.82, 2.24) is 9.97 Å². The van der Waals surface area contributed by atoms with E-state index < -0.39 is 27.3 Å². The molecule has 0 atom stereocenters. The maximum absolute atomic E-state index is 14.0. The first-order chi connectivity index (χ1) is 13.3. The molecule has 6 nitrogen and oxygen atoms in total. The van der Waals surface area contributed by atoms with Crippen molar-refractivity contribution in [1.29, 1.82) is 0 Å². The number of halogens is 2. The molecule has 0 saturated heterocycles. The Kier molecular flexibility index (Phi) is 6.07. The fourth-order valence-corrected chi connectivity index (χ4v) is 5.61. The number of nitrogens with one attached hydrogen (secondary N) is 1. The van der Waals surface area contributed by atoms with Crippen molar-refractivity contribution in [3.63, 3.8) is 0 Å². The molecule has 1 aromatic carbocycles. The van der Waals surface area contributed by atoms with E-state index in [0.717, 1.165) is 17.4 Å². The van der Waals surface area contributed by atoms with E-state index in [-0.39, 0.29) is 25.6 Å². The number of carbonyl (C=O) groups excluding carboxylic acids is 1. The largest absolute Gasteiger partial charge is 0.296 e. The standard InChI is InChI=1S/C18H15ClFN3O3S2/c1-2-14-17(28(25,26)10-11-6-7-12(19)9-13(11)20)27-18(22-14)23-16(24)15-5-3-4-8-21-15/h3-9H,2,10H2,1H3,(H,22,23,24). The van der Waals surface area contributed by atoms with Crippen LogP contribution in [0.4, 0.5) is 9.52 Å². The van der Waals surface area contributed by atoms with Gasteiger partial charge in [0.2, 0.25) is 0 Å². The van der Waals surface area contributed by atoms with E-state index in [9.17, 15) is 17.6 Å². The van der Waals surface area contributed by atoms with Gasteiger partial charge in [0.05, 0.1) is 11.4 Å². The molecule has 146 valence electrons. The number of rotatable bonds is 6. The van der Waals surface area contributed by atoms with Gasteiger partial charge in [-0.2, -0.15) is 0 Å². The Hall–Kier alpha value is -2.36. The number of pyridine rings is 1. The molecule has 1 N–H and O–H groups in total. The van der Waals surface area contributed by atoms with Crippen LogP contribution in [-0.2, 0) is 22.0 Å². The zero-order valence-electron chi connectivity index (χ0n) is 14.6. The van der Waals surface area contributed by atoms with Crippen molar-refractivity contribution in [3.05, 3.63) is 70.4 Å². The number of anilines is 1. The lowest BCUT2D eigenvalue weighted by Crippen LogP contribution is -2.13. The molecule has 0 aliphatic heterocycles. The number of thiazole rings is 1. The number of amides is 1. The van der Waals surface area contributed by atoms with Gasteiger partial charge in [0, 0.05) is 16.8 Å². The van der Waals surface area contributed by atoms with E-state index in [1.165, 1.54) is 24.4 Å². The van der Waals surface area contributed by atoms with Gasteiger partial charge in [0.15, 0.2) is 15.0 Å². The van der Waals surface area contributed by atoms with Crippen molar-refractivity contribution in [2.75, 3.05) is 5.32 Å². The Bertz CT molecular complexity index is 1120. The Morgan fingerprint density at radius 3 is 2.71 bits per heavy atom. The second kappa shape index (κ2) is 8.34. The highest BCUT2D eigenvalue weighted by Gasteiger charge is 2.25. The molecule has 0 saturated carbocycles. The highest BCUT2D eigenvalue weighted by atomic mass is 35.5. The number of carbonyl (C=O) groups is 1. The Balaban J connectivity index is 1.88. The molecule has 28 heavy (non-hydrogen) atoms. The Labute approximate surface area is 170 Å². The van der Waals surface area contributed by atoms with Crippen LogP contribution in [0.5, 0.6) is 0 Å². The second-order valence-corrected chi connectivity index (χ2v) is 9.39. The highest BCUT2D eigenvalue weighted by molar-refractivity contribution is 7.92. The maximum atomic E-state index is 14.0. The molecule has 0 bridgehead atoms. The quantitative estimate of drug-likeness (QED) is 0.624. The summed E-state index contributed by atoms with van der Waals surface area (Å²) in [6.07, 6.45) is 1.82. The van der Waals surface area contributed by atoms with Gasteiger partial charge >= 0.3 is 0 Å². The second-order valence-electron chi connectivity index (χ2n) is 5.77. The fourth-order valence-electron chi connectivity index (χ4n) is 2.42. The summed E-state index contributed by atoms with van der Waals surface area (Å²) < 4.78 is 39.7. The molecule has 0 radical (unpaired) electrons. The zero-order chi connectivity index (χ0) is 20.3. The molecule has 1 amide bonds. The molecular weight excluding hydrogens is 425 g/mol. The minimum absolute atomic E-state index is 0.000621. The topological polar surface area (TPSA) is 89.0 Å². The average Bonchev–Trinajstić information content (AvgIpc) is 3.08. The first-order valence-corrected chi connectivity index (χ1v) is 11.0. The van der Waals surface area contributed by atoms with Gasteiger partial charge in [-0.3, -0.25) is 15.1 Å². The van der Waals surface area contributed by atoms with Gasteiger partial charge < -0.3 is 0 Å². The van der Waals surface area contributed by atoms with Crippen LogP contribution in [0.15, 0.2) is 46.8 Å². The van der Waals surface area contributed by atoms with Gasteiger partial charge in [-0.1, -0.05) is 42.0 Å². The minimum atomic E-state index is -3.87. The fraction of sp³-hybridized carbons (Fsp3) is 0.167. The van der Waals surface area contributed by atoms with Crippen LogP contribution in [0.3, 0.4) is 0 Å². The number of aryl methyl sites for hydroxylation is 1. The Morgan fingerprint density at radius 2 is 2.07 bits per heavy atom. The molecule has 3 aromatic rings. The maximum Gasteiger partial charge on any atom is 0.276 e. The number of hydrogen-bond acceptors (Lipinski definition) is 6. The molecule has 0 spiro atoms. The third-order valence-corrected chi connectivity index (χ3v) is 7.30. The summed E-state index contributed by atoms with van der Waals surface area (Å²) in [7, 11) is -3.87. The number of hydrogen-bond donors (Lipinski definition) is 1. The molecule has 0 unspecified atom stereocenters. The van der Waals surface area contributed by atoms with E-state index in [4.69, 9.17) is 11.6 Å². The van der Waals surface area contributed by atoms with Crippen LogP contribution in [-0.4, -0.2) is 24.3 Å². The first-order valence-electron chi connectivity index (χ1n) is 8.19. The predicted molar refractivity (Wildman–Crippen MR) is 106 cm³/mol. The SMILES string of the molecule is CCc1nc(NC(=O)c2ccccn2)sc1S(=O)(=O)Cc1ccc(Cl)cc1F. The number of nitrogens with zero attached hydrogens (tertiary/aromatic N) is 2. The summed E-state index contributed by atoms with van der Waals surface area (Å²) in [6, 6.07) is 8.71. The van der Waals surface area contributed by atoms with Crippen LogP contribution < -0.4 is 5.32 Å². The molecular formula is C18H15ClFN3O3S2. The number of aromatic nitrogens is 2. The molecule has 3 rings (SSSR count). The lowest BCUT2D eigenvalue weighted by atomic mass is 10.2. The van der Waals surface area contributed by atoms with Gasteiger partial charge in [-0.05, 0) is 30.7 Å². The number of benzene rings is 1. The van der Waals surface area contributed by atoms with Crippen molar-refractivity contribution in [2.45, 2.75) is 23.3 Å². The van der Waals surface area contributed by atoms with Crippen molar-refractivity contribution in [2.24, 2.45) is 0 Å². The smallest absolute Gasteiger partial charge is 0.276 e. The van der Waals surface area contributed by atoms with Gasteiger partial charge in [-0.25, -0.2) is 17.8 Å². The summed E-state index contributed by atoms with van der Waals surface area (Å²) >= 11 is 6.55. The molecule has 0 aliphatic carbocycles. The number of sulfone groups is 1. The van der Waals surface area contributed by atoms with Crippen LogP contribution in [0.25, 0.3) is 0 Å². The Morgan fingerprint density at radius 1 is 1.29 bits per heavy atom. The summed E-state index contributed by atoms with van der Waals surface area (Å²) in [5, 5.41) is 2.88. The van der Waals surface area contributed by atoms with E-state index in [1.807, 2.05) is 0 Å².